The first-order valence-corrected chi connectivity index (χ1v) is 7.61. The van der Waals surface area contributed by atoms with Gasteiger partial charge in [-0.2, -0.15) is 17.9 Å². The summed E-state index contributed by atoms with van der Waals surface area (Å²) < 4.78 is 38.8. The number of anilines is 1. The second-order valence-corrected chi connectivity index (χ2v) is 5.57. The highest BCUT2D eigenvalue weighted by atomic mass is 32.2. The second kappa shape index (κ2) is 6.89. The highest BCUT2D eigenvalue weighted by Crippen LogP contribution is 2.31. The van der Waals surface area contributed by atoms with Crippen molar-refractivity contribution in [2.45, 2.75) is 16.4 Å². The summed E-state index contributed by atoms with van der Waals surface area (Å²) in [6, 6.07) is 11.7. The monoisotopic (exact) mass is 366 g/mol. The van der Waals surface area contributed by atoms with Gasteiger partial charge in [0.05, 0.1) is 11.4 Å². The van der Waals surface area contributed by atoms with Gasteiger partial charge < -0.3 is 5.32 Å². The van der Waals surface area contributed by atoms with E-state index in [-0.39, 0.29) is 15.9 Å². The number of rotatable bonds is 4. The molecule has 128 valence electrons. The quantitative estimate of drug-likeness (QED) is 0.764. The molecule has 0 radical (unpaired) electrons. The zero-order chi connectivity index (χ0) is 17.9. The van der Waals surface area contributed by atoms with Crippen molar-refractivity contribution in [3.63, 3.8) is 0 Å². The van der Waals surface area contributed by atoms with E-state index in [1.165, 1.54) is 23.0 Å². The molecule has 0 spiro atoms. The number of aromatic nitrogens is 5. The number of hydrogen-bond acceptors (Lipinski definition) is 6. The lowest BCUT2D eigenvalue weighted by atomic mass is 10.3. The van der Waals surface area contributed by atoms with Crippen LogP contribution in [0.15, 0.2) is 58.8 Å². The van der Waals surface area contributed by atoms with Crippen molar-refractivity contribution < 1.29 is 18.0 Å². The smallest absolute Gasteiger partial charge is 0.316 e. The minimum Gasteiger partial charge on any atom is -0.316 e. The van der Waals surface area contributed by atoms with Crippen LogP contribution in [0.4, 0.5) is 18.9 Å². The van der Waals surface area contributed by atoms with Crippen molar-refractivity contribution in [2.24, 2.45) is 0 Å². The summed E-state index contributed by atoms with van der Waals surface area (Å²) in [7, 11) is 0. The molecule has 0 fully saturated rings. The predicted octanol–water partition coefficient (Wildman–Crippen LogP) is 2.71. The van der Waals surface area contributed by atoms with Crippen molar-refractivity contribution in [1.82, 2.24) is 25.2 Å². The number of tetrazole rings is 1. The minimum atomic E-state index is -5.00. The third-order valence-corrected chi connectivity index (χ3v) is 3.86. The topological polar surface area (TPSA) is 85.6 Å². The fraction of sp³-hybridized carbons (Fsp3) is 0.0714. The van der Waals surface area contributed by atoms with E-state index in [2.05, 4.69) is 20.5 Å². The van der Waals surface area contributed by atoms with Crippen LogP contribution >= 0.6 is 11.8 Å². The summed E-state index contributed by atoms with van der Waals surface area (Å²) in [4.78, 5) is 15.2. The molecule has 0 bridgehead atoms. The lowest BCUT2D eigenvalue weighted by Gasteiger charge is -2.11. The molecular formula is C14H9F3N6OS. The molecule has 1 aromatic carbocycles. The zero-order valence-corrected chi connectivity index (χ0v) is 13.1. The summed E-state index contributed by atoms with van der Waals surface area (Å²) in [5.41, 5.74) is 0.587. The standard InChI is InChI=1S/C14H9F3N6OS/c15-14(16,17)12(24)19-10-7-4-8-18-11(10)25-13-20-21-22-23(13)9-5-2-1-3-6-9/h1-8H,(H,19,24). The average Bonchev–Trinajstić information content (AvgIpc) is 3.05. The molecule has 11 heteroatoms. The van der Waals surface area contributed by atoms with Gasteiger partial charge >= 0.3 is 12.1 Å². The molecule has 0 saturated carbocycles. The van der Waals surface area contributed by atoms with Gasteiger partial charge in [-0.3, -0.25) is 4.79 Å². The van der Waals surface area contributed by atoms with Gasteiger partial charge in [0.25, 0.3) is 0 Å². The van der Waals surface area contributed by atoms with Gasteiger partial charge in [-0.1, -0.05) is 18.2 Å². The van der Waals surface area contributed by atoms with Crippen molar-refractivity contribution in [1.29, 1.82) is 0 Å². The molecule has 3 rings (SSSR count). The summed E-state index contributed by atoms with van der Waals surface area (Å²) >= 11 is 0.929. The molecule has 0 saturated heterocycles. The number of halogens is 3. The molecule has 0 aliphatic rings. The van der Waals surface area contributed by atoms with E-state index >= 15 is 0 Å². The van der Waals surface area contributed by atoms with E-state index in [4.69, 9.17) is 0 Å². The fourth-order valence-electron chi connectivity index (χ4n) is 1.82. The lowest BCUT2D eigenvalue weighted by Crippen LogP contribution is -2.30. The lowest BCUT2D eigenvalue weighted by molar-refractivity contribution is -0.167. The number of nitrogens with zero attached hydrogens (tertiary/aromatic N) is 5. The Labute approximate surface area is 143 Å². The Morgan fingerprint density at radius 3 is 2.60 bits per heavy atom. The number of alkyl halides is 3. The molecule has 25 heavy (non-hydrogen) atoms. The Hall–Kier alpha value is -2.95. The van der Waals surface area contributed by atoms with Gasteiger partial charge in [0.1, 0.15) is 5.03 Å². The van der Waals surface area contributed by atoms with E-state index in [1.807, 2.05) is 6.07 Å². The van der Waals surface area contributed by atoms with Crippen LogP contribution in [0.5, 0.6) is 0 Å². The number of pyridine rings is 1. The summed E-state index contributed by atoms with van der Waals surface area (Å²) in [5, 5.41) is 13.5. The molecule has 0 aliphatic carbocycles. The Kier molecular flexibility index (Phi) is 4.65. The Balaban J connectivity index is 1.88. The minimum absolute atomic E-state index is 0.0857. The number of para-hydroxylation sites is 1. The highest BCUT2D eigenvalue weighted by Gasteiger charge is 2.39. The molecule has 0 aliphatic heterocycles. The predicted molar refractivity (Wildman–Crippen MR) is 82.2 cm³/mol. The van der Waals surface area contributed by atoms with Gasteiger partial charge in [0.2, 0.25) is 5.16 Å². The molecule has 0 atom stereocenters. The first-order chi connectivity index (χ1) is 11.9. The molecule has 7 nitrogen and oxygen atoms in total. The van der Waals surface area contributed by atoms with Crippen LogP contribution in [0.25, 0.3) is 5.69 Å². The van der Waals surface area contributed by atoms with Crippen LogP contribution in [-0.4, -0.2) is 37.3 Å². The molecular weight excluding hydrogens is 357 g/mol. The van der Waals surface area contributed by atoms with Crippen LogP contribution in [0, 0.1) is 0 Å². The number of amides is 1. The zero-order valence-electron chi connectivity index (χ0n) is 12.3. The van der Waals surface area contributed by atoms with Crippen LogP contribution in [0.2, 0.25) is 0 Å². The summed E-state index contributed by atoms with van der Waals surface area (Å²) in [6.45, 7) is 0. The van der Waals surface area contributed by atoms with Gasteiger partial charge in [0, 0.05) is 6.20 Å². The number of carbonyl (C=O) groups is 1. The van der Waals surface area contributed by atoms with Crippen molar-refractivity contribution >= 4 is 23.4 Å². The van der Waals surface area contributed by atoms with Gasteiger partial charge in [-0.15, -0.1) is 5.10 Å². The van der Waals surface area contributed by atoms with Crippen molar-refractivity contribution in [3.8, 4) is 5.69 Å². The number of hydrogen-bond donors (Lipinski definition) is 1. The largest absolute Gasteiger partial charge is 0.471 e. The van der Waals surface area contributed by atoms with Crippen molar-refractivity contribution in [3.05, 3.63) is 48.7 Å². The molecule has 0 unspecified atom stereocenters. The van der Waals surface area contributed by atoms with Gasteiger partial charge in [0.15, 0.2) is 0 Å². The number of carbonyl (C=O) groups excluding carboxylic acids is 1. The van der Waals surface area contributed by atoms with E-state index in [0.29, 0.717) is 5.69 Å². The maximum Gasteiger partial charge on any atom is 0.471 e. The Morgan fingerprint density at radius 1 is 1.12 bits per heavy atom. The summed E-state index contributed by atoms with van der Waals surface area (Å²) in [5.74, 6) is -2.08. The van der Waals surface area contributed by atoms with Crippen LogP contribution in [-0.2, 0) is 4.79 Å². The van der Waals surface area contributed by atoms with E-state index in [0.717, 1.165) is 11.8 Å². The van der Waals surface area contributed by atoms with Crippen molar-refractivity contribution in [2.75, 3.05) is 5.32 Å². The van der Waals surface area contributed by atoms with Crippen LogP contribution in [0.1, 0.15) is 0 Å². The highest BCUT2D eigenvalue weighted by molar-refractivity contribution is 7.99. The second-order valence-electron chi connectivity index (χ2n) is 4.62. The third-order valence-electron chi connectivity index (χ3n) is 2.91. The van der Waals surface area contributed by atoms with Gasteiger partial charge in [-0.25, -0.2) is 4.98 Å². The number of benzene rings is 1. The molecule has 1 amide bonds. The normalized spacial score (nSPS) is 11.3. The average molecular weight is 366 g/mol. The van der Waals surface area contributed by atoms with Gasteiger partial charge in [-0.05, 0) is 46.5 Å². The van der Waals surface area contributed by atoms with Crippen LogP contribution in [0.3, 0.4) is 0 Å². The third kappa shape index (κ3) is 3.94. The van der Waals surface area contributed by atoms with E-state index in [1.54, 1.807) is 29.6 Å². The number of nitrogens with one attached hydrogen (secondary N) is 1. The Morgan fingerprint density at radius 2 is 1.88 bits per heavy atom. The first-order valence-electron chi connectivity index (χ1n) is 6.80. The van der Waals surface area contributed by atoms with Crippen LogP contribution < -0.4 is 5.32 Å². The molecule has 3 aromatic rings. The van der Waals surface area contributed by atoms with E-state index < -0.39 is 12.1 Å². The Bertz CT molecular complexity index is 884. The van der Waals surface area contributed by atoms with E-state index in [9.17, 15) is 18.0 Å². The molecule has 2 aromatic heterocycles. The SMILES string of the molecule is O=C(Nc1cccnc1Sc1nnnn1-c1ccccc1)C(F)(F)F. The summed E-state index contributed by atoms with van der Waals surface area (Å²) in [6.07, 6.45) is -3.61. The fourth-order valence-corrected chi connectivity index (χ4v) is 2.64. The molecule has 2 heterocycles. The maximum absolute atomic E-state index is 12.5. The maximum atomic E-state index is 12.5. The first kappa shape index (κ1) is 16.9. The molecule has 1 N–H and O–H groups in total.